The molecular formula is C15H16N2O7. The first-order valence-corrected chi connectivity index (χ1v) is 7.13. The van der Waals surface area contributed by atoms with Crippen LogP contribution in [0.4, 0.5) is 0 Å². The molecule has 1 aliphatic heterocycles. The number of carboxylic acid groups (broad SMARTS) is 2. The highest BCUT2D eigenvalue weighted by Crippen LogP contribution is 2.21. The van der Waals surface area contributed by atoms with Gasteiger partial charge >= 0.3 is 11.9 Å². The molecule has 0 saturated carbocycles. The minimum absolute atomic E-state index is 0.0646. The summed E-state index contributed by atoms with van der Waals surface area (Å²) in [6.07, 6.45) is -1.70. The molecule has 1 aliphatic rings. The summed E-state index contributed by atoms with van der Waals surface area (Å²) < 4.78 is 0. The summed E-state index contributed by atoms with van der Waals surface area (Å²) in [6, 6.07) is 7.46. The zero-order valence-corrected chi connectivity index (χ0v) is 12.5. The Hall–Kier alpha value is -2.94. The summed E-state index contributed by atoms with van der Waals surface area (Å²) in [5.41, 5.74) is 0.759. The van der Waals surface area contributed by atoms with Crippen LogP contribution in [0.25, 0.3) is 0 Å². The van der Waals surface area contributed by atoms with Crippen molar-refractivity contribution in [3.05, 3.63) is 35.9 Å². The van der Waals surface area contributed by atoms with Gasteiger partial charge in [-0.05, 0) is 5.56 Å². The monoisotopic (exact) mass is 336 g/mol. The molecule has 1 heterocycles. The molecular weight excluding hydrogens is 320 g/mol. The van der Waals surface area contributed by atoms with Gasteiger partial charge < -0.3 is 15.5 Å². The summed E-state index contributed by atoms with van der Waals surface area (Å²) >= 11 is 0. The van der Waals surface area contributed by atoms with Crippen LogP contribution in [0.5, 0.6) is 0 Å². The number of aliphatic carboxylic acids is 2. The van der Waals surface area contributed by atoms with E-state index < -0.39 is 42.4 Å². The maximum atomic E-state index is 12.0. The van der Waals surface area contributed by atoms with E-state index in [0.29, 0.717) is 5.06 Å². The van der Waals surface area contributed by atoms with Gasteiger partial charge in [-0.1, -0.05) is 30.3 Å². The molecule has 2 atom stereocenters. The van der Waals surface area contributed by atoms with Gasteiger partial charge in [0.1, 0.15) is 0 Å². The zero-order valence-electron chi connectivity index (χ0n) is 12.5. The third-order valence-corrected chi connectivity index (χ3v) is 3.41. The largest absolute Gasteiger partial charge is 0.480 e. The molecule has 1 saturated heterocycles. The van der Waals surface area contributed by atoms with Crippen LogP contribution in [-0.2, 0) is 30.4 Å². The molecule has 0 radical (unpaired) electrons. The van der Waals surface area contributed by atoms with Gasteiger partial charge in [0.05, 0.1) is 13.0 Å². The fourth-order valence-corrected chi connectivity index (χ4v) is 2.23. The second-order valence-electron chi connectivity index (χ2n) is 5.18. The van der Waals surface area contributed by atoms with Crippen molar-refractivity contribution in [3.8, 4) is 0 Å². The molecule has 3 N–H and O–H groups in total. The van der Waals surface area contributed by atoms with Crippen LogP contribution in [0.15, 0.2) is 30.3 Å². The number of benzene rings is 1. The number of hydroxylamine groups is 2. The molecule has 9 heteroatoms. The van der Waals surface area contributed by atoms with Gasteiger partial charge in [-0.15, -0.1) is 0 Å². The van der Waals surface area contributed by atoms with E-state index in [1.807, 2.05) is 0 Å². The number of nitrogens with one attached hydrogen (secondary N) is 1. The molecule has 0 aliphatic carbocycles. The minimum Gasteiger partial charge on any atom is -0.480 e. The lowest BCUT2D eigenvalue weighted by Crippen LogP contribution is -2.45. The van der Waals surface area contributed by atoms with E-state index in [9.17, 15) is 19.2 Å². The van der Waals surface area contributed by atoms with E-state index in [1.165, 1.54) is 0 Å². The van der Waals surface area contributed by atoms with Gasteiger partial charge in [-0.2, -0.15) is 0 Å². The topological polar surface area (TPSA) is 133 Å². The minimum atomic E-state index is -1.41. The van der Waals surface area contributed by atoms with Crippen LogP contribution in [0.2, 0.25) is 0 Å². The van der Waals surface area contributed by atoms with Gasteiger partial charge in [0.2, 0.25) is 5.91 Å². The lowest BCUT2D eigenvalue weighted by molar-refractivity contribution is -0.198. The predicted octanol–water partition coefficient (Wildman–Crippen LogP) is -0.584. The van der Waals surface area contributed by atoms with Crippen molar-refractivity contribution in [2.24, 2.45) is 0 Å². The second-order valence-corrected chi connectivity index (χ2v) is 5.18. The second kappa shape index (κ2) is 7.55. The molecule has 9 nitrogen and oxygen atoms in total. The molecule has 2 rings (SSSR count). The standard InChI is InChI=1S/C15H16N2O7/c18-12(6-9-4-2-1-3-5-9)16-8-13(19)17-10(14(20)21)7-11(24-17)15(22)23/h1-5,10-11H,6-8H2,(H,16,18)(H,20,21)(H,22,23)/t10-,11+/m1/s1. The van der Waals surface area contributed by atoms with E-state index in [4.69, 9.17) is 15.1 Å². The van der Waals surface area contributed by atoms with Crippen molar-refractivity contribution in [2.75, 3.05) is 6.54 Å². The number of hydrogen-bond donors (Lipinski definition) is 3. The Morgan fingerprint density at radius 3 is 2.38 bits per heavy atom. The Kier molecular flexibility index (Phi) is 5.48. The Labute approximate surface area is 136 Å². The molecule has 1 fully saturated rings. The lowest BCUT2D eigenvalue weighted by atomic mass is 10.1. The number of rotatable bonds is 6. The van der Waals surface area contributed by atoms with Crippen LogP contribution in [0.3, 0.4) is 0 Å². The smallest absolute Gasteiger partial charge is 0.335 e. The highest BCUT2D eigenvalue weighted by atomic mass is 16.7. The van der Waals surface area contributed by atoms with E-state index in [2.05, 4.69) is 5.32 Å². The maximum absolute atomic E-state index is 12.0. The number of carbonyl (C=O) groups is 4. The number of carbonyl (C=O) groups excluding carboxylic acids is 2. The first-order chi connectivity index (χ1) is 11.4. The Balaban J connectivity index is 1.90. The van der Waals surface area contributed by atoms with Crippen LogP contribution < -0.4 is 5.32 Å². The predicted molar refractivity (Wildman–Crippen MR) is 78.6 cm³/mol. The number of nitrogens with zero attached hydrogens (tertiary/aromatic N) is 1. The fraction of sp³-hybridized carbons (Fsp3) is 0.333. The highest BCUT2D eigenvalue weighted by Gasteiger charge is 2.44. The maximum Gasteiger partial charge on any atom is 0.335 e. The Morgan fingerprint density at radius 2 is 1.79 bits per heavy atom. The number of hydrogen-bond acceptors (Lipinski definition) is 5. The van der Waals surface area contributed by atoms with E-state index in [0.717, 1.165) is 5.56 Å². The first-order valence-electron chi connectivity index (χ1n) is 7.13. The van der Waals surface area contributed by atoms with E-state index in [-0.39, 0.29) is 12.8 Å². The SMILES string of the molecule is O=C(Cc1ccccc1)NCC(=O)N1O[C@H](C(=O)O)C[C@@H]1C(=O)O. The molecule has 0 unspecified atom stereocenters. The molecule has 128 valence electrons. The van der Waals surface area contributed by atoms with Gasteiger partial charge in [-0.25, -0.2) is 14.7 Å². The van der Waals surface area contributed by atoms with Crippen LogP contribution >= 0.6 is 0 Å². The van der Waals surface area contributed by atoms with Crippen molar-refractivity contribution < 1.29 is 34.2 Å². The van der Waals surface area contributed by atoms with Crippen molar-refractivity contribution in [3.63, 3.8) is 0 Å². The highest BCUT2D eigenvalue weighted by molar-refractivity contribution is 5.89. The van der Waals surface area contributed by atoms with Gasteiger partial charge in [0.15, 0.2) is 12.1 Å². The van der Waals surface area contributed by atoms with Crippen molar-refractivity contribution in [2.45, 2.75) is 25.0 Å². The third kappa shape index (κ3) is 4.29. The summed E-state index contributed by atoms with van der Waals surface area (Å²) in [5.74, 6) is -3.98. The molecule has 0 bridgehead atoms. The summed E-state index contributed by atoms with van der Waals surface area (Å²) in [4.78, 5) is 50.7. The molecule has 2 amide bonds. The van der Waals surface area contributed by atoms with Gasteiger partial charge in [-0.3, -0.25) is 14.4 Å². The number of carboxylic acids is 2. The summed E-state index contributed by atoms with van der Waals surface area (Å²) in [5, 5.41) is 20.8. The van der Waals surface area contributed by atoms with Gasteiger partial charge in [0.25, 0.3) is 5.91 Å². The Bertz CT molecular complexity index is 646. The molecule has 1 aromatic rings. The fourth-order valence-electron chi connectivity index (χ4n) is 2.23. The van der Waals surface area contributed by atoms with Gasteiger partial charge in [0, 0.05) is 6.42 Å². The average molecular weight is 336 g/mol. The van der Waals surface area contributed by atoms with Crippen molar-refractivity contribution in [1.29, 1.82) is 0 Å². The number of amides is 2. The van der Waals surface area contributed by atoms with Crippen molar-refractivity contribution >= 4 is 23.8 Å². The van der Waals surface area contributed by atoms with E-state index >= 15 is 0 Å². The average Bonchev–Trinajstić information content (AvgIpc) is 2.99. The van der Waals surface area contributed by atoms with Crippen LogP contribution in [0.1, 0.15) is 12.0 Å². The van der Waals surface area contributed by atoms with Crippen molar-refractivity contribution in [1.82, 2.24) is 10.4 Å². The normalized spacial score (nSPS) is 19.8. The summed E-state index contributed by atoms with van der Waals surface area (Å²) in [7, 11) is 0. The molecule has 0 aromatic heterocycles. The Morgan fingerprint density at radius 1 is 1.12 bits per heavy atom. The third-order valence-electron chi connectivity index (χ3n) is 3.41. The molecule has 1 aromatic carbocycles. The first kappa shape index (κ1) is 17.4. The molecule has 0 spiro atoms. The zero-order chi connectivity index (χ0) is 17.7. The van der Waals surface area contributed by atoms with Crippen LogP contribution in [-0.4, -0.2) is 57.7 Å². The summed E-state index contributed by atoms with van der Waals surface area (Å²) in [6.45, 7) is -0.484. The molecule has 24 heavy (non-hydrogen) atoms. The quantitative estimate of drug-likeness (QED) is 0.632. The lowest BCUT2D eigenvalue weighted by Gasteiger charge is -2.19. The van der Waals surface area contributed by atoms with Crippen LogP contribution in [0, 0.1) is 0 Å². The van der Waals surface area contributed by atoms with E-state index in [1.54, 1.807) is 30.3 Å².